The molecule has 3 rings (SSSR count). The van der Waals surface area contributed by atoms with Gasteiger partial charge in [0.2, 0.25) is 5.91 Å². The Hall–Kier alpha value is -1.92. The molecule has 2 atom stereocenters. The standard InChI is InChI=1S/C18H24N4O2.ClH/c1-13(19)14-5-4-9-21(11-14)17(23)8-10-22-12-20-16-7-3-2-6-15(16)18(22)24;/h2-3,6-7,12-14H,4-5,8-11,19H2,1H3;1H. The van der Waals surface area contributed by atoms with Crippen molar-refractivity contribution in [1.82, 2.24) is 14.5 Å². The Morgan fingerprint density at radius 3 is 2.92 bits per heavy atom. The zero-order valence-corrected chi connectivity index (χ0v) is 15.2. The maximum Gasteiger partial charge on any atom is 0.261 e. The Kier molecular flexibility index (Phi) is 6.56. The molecule has 2 unspecified atom stereocenters. The predicted octanol–water partition coefficient (Wildman–Crippen LogP) is 1.79. The lowest BCUT2D eigenvalue weighted by Gasteiger charge is -2.34. The third kappa shape index (κ3) is 4.38. The minimum Gasteiger partial charge on any atom is -0.342 e. The van der Waals surface area contributed by atoms with E-state index >= 15 is 0 Å². The third-order valence-electron chi connectivity index (χ3n) is 4.85. The van der Waals surface area contributed by atoms with Gasteiger partial charge in [0.05, 0.1) is 17.2 Å². The first-order valence-corrected chi connectivity index (χ1v) is 8.54. The van der Waals surface area contributed by atoms with Crippen molar-refractivity contribution in [3.8, 4) is 0 Å². The molecule has 7 heteroatoms. The van der Waals surface area contributed by atoms with Crippen LogP contribution in [0.2, 0.25) is 0 Å². The van der Waals surface area contributed by atoms with Gasteiger partial charge in [0.1, 0.15) is 0 Å². The average molecular weight is 365 g/mol. The lowest BCUT2D eigenvalue weighted by molar-refractivity contribution is -0.133. The molecule has 0 spiro atoms. The second kappa shape index (κ2) is 8.45. The molecule has 1 aliphatic rings. The Bertz CT molecular complexity index is 790. The van der Waals surface area contributed by atoms with Crippen LogP contribution in [0.5, 0.6) is 0 Å². The lowest BCUT2D eigenvalue weighted by atomic mass is 9.92. The molecule has 2 aromatic rings. The van der Waals surface area contributed by atoms with E-state index in [9.17, 15) is 9.59 Å². The first-order valence-electron chi connectivity index (χ1n) is 8.54. The number of carbonyl (C=O) groups excluding carboxylic acids is 1. The number of hydrogen-bond donors (Lipinski definition) is 1. The molecular formula is C18H25ClN4O2. The molecule has 2 heterocycles. The molecular weight excluding hydrogens is 340 g/mol. The highest BCUT2D eigenvalue weighted by atomic mass is 35.5. The second-order valence-corrected chi connectivity index (χ2v) is 6.61. The van der Waals surface area contributed by atoms with Crippen molar-refractivity contribution in [1.29, 1.82) is 0 Å². The van der Waals surface area contributed by atoms with Crippen LogP contribution in [-0.4, -0.2) is 39.5 Å². The topological polar surface area (TPSA) is 81.2 Å². The first-order chi connectivity index (χ1) is 11.6. The molecule has 6 nitrogen and oxygen atoms in total. The van der Waals surface area contributed by atoms with Gasteiger partial charge in [-0.25, -0.2) is 4.98 Å². The number of benzene rings is 1. The number of para-hydroxylation sites is 1. The van der Waals surface area contributed by atoms with Crippen LogP contribution in [0.15, 0.2) is 35.4 Å². The average Bonchev–Trinajstić information content (AvgIpc) is 2.61. The number of hydrogen-bond acceptors (Lipinski definition) is 4. The van der Waals surface area contributed by atoms with Crippen molar-refractivity contribution < 1.29 is 4.79 Å². The molecule has 2 N–H and O–H groups in total. The molecule has 0 radical (unpaired) electrons. The fraction of sp³-hybridized carbons (Fsp3) is 0.500. The van der Waals surface area contributed by atoms with Crippen LogP contribution in [0, 0.1) is 5.92 Å². The maximum absolute atomic E-state index is 12.5. The van der Waals surface area contributed by atoms with Crippen molar-refractivity contribution in [3.63, 3.8) is 0 Å². The van der Waals surface area contributed by atoms with E-state index in [0.29, 0.717) is 29.8 Å². The van der Waals surface area contributed by atoms with E-state index in [1.54, 1.807) is 6.07 Å². The number of nitrogens with two attached hydrogens (primary N) is 1. The van der Waals surface area contributed by atoms with Crippen molar-refractivity contribution in [3.05, 3.63) is 40.9 Å². The molecule has 0 saturated carbocycles. The molecule has 0 bridgehead atoms. The monoisotopic (exact) mass is 364 g/mol. The number of nitrogens with zero attached hydrogens (tertiary/aromatic N) is 3. The Morgan fingerprint density at radius 2 is 2.16 bits per heavy atom. The van der Waals surface area contributed by atoms with E-state index in [1.807, 2.05) is 30.0 Å². The summed E-state index contributed by atoms with van der Waals surface area (Å²) in [6.45, 7) is 3.86. The number of rotatable bonds is 4. The highest BCUT2D eigenvalue weighted by Gasteiger charge is 2.25. The Balaban J connectivity index is 0.00000225. The van der Waals surface area contributed by atoms with Gasteiger partial charge in [0, 0.05) is 32.1 Å². The van der Waals surface area contributed by atoms with Gasteiger partial charge in [0.15, 0.2) is 0 Å². The number of aromatic nitrogens is 2. The maximum atomic E-state index is 12.5. The smallest absolute Gasteiger partial charge is 0.261 e. The number of likely N-dealkylation sites (tertiary alicyclic amines) is 1. The summed E-state index contributed by atoms with van der Waals surface area (Å²) in [5, 5.41) is 0.586. The number of piperidine rings is 1. The van der Waals surface area contributed by atoms with Crippen LogP contribution >= 0.6 is 12.4 Å². The fourth-order valence-electron chi connectivity index (χ4n) is 3.31. The number of amides is 1. The summed E-state index contributed by atoms with van der Waals surface area (Å²) in [5.41, 5.74) is 6.56. The molecule has 1 aromatic heterocycles. The van der Waals surface area contributed by atoms with E-state index in [0.717, 1.165) is 25.9 Å². The lowest BCUT2D eigenvalue weighted by Crippen LogP contribution is -2.45. The normalized spacial score (nSPS) is 18.6. The van der Waals surface area contributed by atoms with E-state index in [2.05, 4.69) is 4.98 Å². The minimum absolute atomic E-state index is 0. The van der Waals surface area contributed by atoms with Crippen LogP contribution in [-0.2, 0) is 11.3 Å². The van der Waals surface area contributed by atoms with Crippen LogP contribution in [0.4, 0.5) is 0 Å². The largest absolute Gasteiger partial charge is 0.342 e. The van der Waals surface area contributed by atoms with Crippen LogP contribution < -0.4 is 11.3 Å². The van der Waals surface area contributed by atoms with E-state index < -0.39 is 0 Å². The van der Waals surface area contributed by atoms with Crippen molar-refractivity contribution >= 4 is 29.2 Å². The summed E-state index contributed by atoms with van der Waals surface area (Å²) in [5.74, 6) is 0.452. The van der Waals surface area contributed by atoms with Crippen LogP contribution in [0.1, 0.15) is 26.2 Å². The molecule has 1 saturated heterocycles. The molecule has 0 aliphatic carbocycles. The third-order valence-corrected chi connectivity index (χ3v) is 4.85. The van der Waals surface area contributed by atoms with E-state index in [1.165, 1.54) is 10.9 Å². The van der Waals surface area contributed by atoms with Crippen molar-refractivity contribution in [2.75, 3.05) is 13.1 Å². The number of fused-ring (bicyclic) bond motifs is 1. The minimum atomic E-state index is -0.0968. The number of halogens is 1. The summed E-state index contributed by atoms with van der Waals surface area (Å²) < 4.78 is 1.52. The highest BCUT2D eigenvalue weighted by Crippen LogP contribution is 2.19. The summed E-state index contributed by atoms with van der Waals surface area (Å²) in [4.78, 5) is 31.1. The van der Waals surface area contributed by atoms with E-state index in [-0.39, 0.29) is 29.9 Å². The van der Waals surface area contributed by atoms with Crippen molar-refractivity contribution in [2.24, 2.45) is 11.7 Å². The zero-order valence-electron chi connectivity index (χ0n) is 14.4. The summed E-state index contributed by atoms with van der Waals surface area (Å²) in [7, 11) is 0. The Labute approximate surface area is 153 Å². The predicted molar refractivity (Wildman–Crippen MR) is 101 cm³/mol. The Morgan fingerprint density at radius 1 is 1.40 bits per heavy atom. The summed E-state index contributed by atoms with van der Waals surface area (Å²) in [6.07, 6.45) is 3.91. The van der Waals surface area contributed by atoms with Gasteiger partial charge in [-0.1, -0.05) is 12.1 Å². The van der Waals surface area contributed by atoms with Crippen LogP contribution in [0.3, 0.4) is 0 Å². The summed E-state index contributed by atoms with van der Waals surface area (Å²) in [6, 6.07) is 7.36. The molecule has 25 heavy (non-hydrogen) atoms. The molecule has 1 amide bonds. The van der Waals surface area contributed by atoms with Gasteiger partial charge in [-0.15, -0.1) is 12.4 Å². The van der Waals surface area contributed by atoms with Gasteiger partial charge in [-0.3, -0.25) is 14.2 Å². The molecule has 1 aromatic carbocycles. The van der Waals surface area contributed by atoms with Crippen molar-refractivity contribution in [2.45, 2.75) is 38.8 Å². The van der Waals surface area contributed by atoms with Gasteiger partial charge in [0.25, 0.3) is 5.56 Å². The zero-order chi connectivity index (χ0) is 17.1. The quantitative estimate of drug-likeness (QED) is 0.896. The van der Waals surface area contributed by atoms with Gasteiger partial charge in [-0.2, -0.15) is 0 Å². The van der Waals surface area contributed by atoms with Gasteiger partial charge >= 0.3 is 0 Å². The van der Waals surface area contributed by atoms with Crippen LogP contribution in [0.25, 0.3) is 10.9 Å². The summed E-state index contributed by atoms with van der Waals surface area (Å²) >= 11 is 0. The first kappa shape index (κ1) is 19.4. The highest BCUT2D eigenvalue weighted by molar-refractivity contribution is 5.85. The van der Waals surface area contributed by atoms with Gasteiger partial charge < -0.3 is 10.6 Å². The van der Waals surface area contributed by atoms with E-state index in [4.69, 9.17) is 5.73 Å². The number of aryl methyl sites for hydroxylation is 1. The molecule has 1 fully saturated rings. The number of carbonyl (C=O) groups is 1. The molecule has 1 aliphatic heterocycles. The second-order valence-electron chi connectivity index (χ2n) is 6.61. The van der Waals surface area contributed by atoms with Gasteiger partial charge in [-0.05, 0) is 37.8 Å². The molecule has 136 valence electrons. The SMILES string of the molecule is CC(N)C1CCCN(C(=O)CCn2cnc3ccccc3c2=O)C1.Cl. The fourth-order valence-corrected chi connectivity index (χ4v) is 3.31.